The van der Waals surface area contributed by atoms with Crippen molar-refractivity contribution in [1.29, 1.82) is 0 Å². The molecule has 2 heterocycles. The molecule has 3 rings (SSSR count). The van der Waals surface area contributed by atoms with E-state index in [-0.39, 0.29) is 11.6 Å². The molecule has 6 nitrogen and oxygen atoms in total. The maximum Gasteiger partial charge on any atom is 0.335 e. The normalized spacial score (nSPS) is 20.7. The summed E-state index contributed by atoms with van der Waals surface area (Å²) in [5.41, 5.74) is 3.08. The number of piperidine rings is 1. The van der Waals surface area contributed by atoms with Crippen molar-refractivity contribution in [2.45, 2.75) is 25.3 Å². The third-order valence-electron chi connectivity index (χ3n) is 5.13. The van der Waals surface area contributed by atoms with E-state index in [0.717, 1.165) is 36.3 Å². The number of carboxylic acid groups (broad SMARTS) is 1. The van der Waals surface area contributed by atoms with Crippen LogP contribution in [-0.2, 0) is 7.05 Å². The molecule has 1 aliphatic rings. The number of pyridine rings is 1. The molecule has 0 bridgehead atoms. The minimum Gasteiger partial charge on any atom is -0.478 e. The van der Waals surface area contributed by atoms with Crippen LogP contribution in [0, 0.1) is 6.92 Å². The summed E-state index contributed by atoms with van der Waals surface area (Å²) in [7, 11) is 3.84. The van der Waals surface area contributed by atoms with Crippen LogP contribution in [0.25, 0.3) is 0 Å². The van der Waals surface area contributed by atoms with Gasteiger partial charge in [0.1, 0.15) is 0 Å². The van der Waals surface area contributed by atoms with Crippen molar-refractivity contribution in [3.63, 3.8) is 0 Å². The summed E-state index contributed by atoms with van der Waals surface area (Å²) in [6.45, 7) is 3.68. The highest BCUT2D eigenvalue weighted by Crippen LogP contribution is 2.28. The smallest absolute Gasteiger partial charge is 0.335 e. The van der Waals surface area contributed by atoms with Gasteiger partial charge >= 0.3 is 5.97 Å². The highest BCUT2D eigenvalue weighted by Gasteiger charge is 2.27. The van der Waals surface area contributed by atoms with E-state index in [1.165, 1.54) is 0 Å². The average Bonchev–Trinajstić information content (AvgIpc) is 2.62. The lowest BCUT2D eigenvalue weighted by Gasteiger charge is -2.37. The van der Waals surface area contributed by atoms with Crippen LogP contribution in [0.4, 0.5) is 5.69 Å². The molecule has 138 valence electrons. The maximum absolute atomic E-state index is 12.1. The van der Waals surface area contributed by atoms with E-state index in [4.69, 9.17) is 5.11 Å². The van der Waals surface area contributed by atoms with Crippen molar-refractivity contribution in [2.24, 2.45) is 7.05 Å². The highest BCUT2D eigenvalue weighted by atomic mass is 16.4. The Labute approximate surface area is 153 Å². The number of carbonyl (C=O) groups is 1. The molecular weight excluding hydrogens is 330 g/mol. The van der Waals surface area contributed by atoms with Crippen molar-refractivity contribution in [1.82, 2.24) is 9.47 Å². The fourth-order valence-electron chi connectivity index (χ4n) is 3.70. The van der Waals surface area contributed by atoms with E-state index in [1.54, 1.807) is 29.9 Å². The van der Waals surface area contributed by atoms with Gasteiger partial charge in [-0.25, -0.2) is 4.79 Å². The number of likely N-dealkylation sites (N-methyl/N-ethyl adjacent to an activating group) is 1. The number of rotatable bonds is 4. The standard InChI is InChI=1S/C20H25N3O3/c1-13-18(8-9-23(3)19(13)24)21-17-10-16(11-22(2)12-17)14-4-6-15(7-5-14)20(25)26/h4-9,16-17,21H,10-12H2,1-3H3,(H,25,26)/t16-,17+/m0/s1. The quantitative estimate of drug-likeness (QED) is 0.880. The first kappa shape index (κ1) is 18.2. The average molecular weight is 355 g/mol. The van der Waals surface area contributed by atoms with Gasteiger partial charge in [0.25, 0.3) is 5.56 Å². The molecule has 1 fully saturated rings. The molecule has 0 saturated carbocycles. The Morgan fingerprint density at radius 3 is 2.50 bits per heavy atom. The van der Waals surface area contributed by atoms with Gasteiger partial charge in [-0.1, -0.05) is 12.1 Å². The fraction of sp³-hybridized carbons (Fsp3) is 0.400. The van der Waals surface area contributed by atoms with Crippen molar-refractivity contribution in [3.05, 3.63) is 63.6 Å². The van der Waals surface area contributed by atoms with Gasteiger partial charge in [-0.05, 0) is 50.1 Å². The lowest BCUT2D eigenvalue weighted by Crippen LogP contribution is -2.43. The molecule has 0 spiro atoms. The second-order valence-electron chi connectivity index (χ2n) is 7.19. The van der Waals surface area contributed by atoms with Crippen LogP contribution in [0.15, 0.2) is 41.3 Å². The molecule has 0 aliphatic carbocycles. The van der Waals surface area contributed by atoms with Crippen LogP contribution in [0.1, 0.15) is 33.8 Å². The number of anilines is 1. The first-order chi connectivity index (χ1) is 12.3. The molecule has 6 heteroatoms. The number of carboxylic acids is 1. The minimum atomic E-state index is -0.905. The van der Waals surface area contributed by atoms with Crippen LogP contribution < -0.4 is 10.9 Å². The third kappa shape index (κ3) is 3.80. The van der Waals surface area contributed by atoms with Gasteiger partial charge in [-0.3, -0.25) is 4.79 Å². The zero-order valence-electron chi connectivity index (χ0n) is 15.4. The van der Waals surface area contributed by atoms with Gasteiger partial charge < -0.3 is 19.9 Å². The molecule has 1 aromatic heterocycles. The summed E-state index contributed by atoms with van der Waals surface area (Å²) in [6.07, 6.45) is 2.72. The summed E-state index contributed by atoms with van der Waals surface area (Å²) in [5, 5.41) is 12.6. The summed E-state index contributed by atoms with van der Waals surface area (Å²) in [5.74, 6) is -0.584. The lowest BCUT2D eigenvalue weighted by molar-refractivity contribution is 0.0697. The molecule has 1 aliphatic heterocycles. The van der Waals surface area contributed by atoms with Crippen LogP contribution in [0.2, 0.25) is 0 Å². The molecule has 26 heavy (non-hydrogen) atoms. The summed E-state index contributed by atoms with van der Waals surface area (Å²) < 4.78 is 1.58. The second kappa shape index (κ2) is 7.33. The van der Waals surface area contributed by atoms with E-state index >= 15 is 0 Å². The number of aryl methyl sites for hydroxylation is 1. The number of hydrogen-bond donors (Lipinski definition) is 2. The number of nitrogens with one attached hydrogen (secondary N) is 1. The third-order valence-corrected chi connectivity index (χ3v) is 5.13. The van der Waals surface area contributed by atoms with Crippen molar-refractivity contribution in [3.8, 4) is 0 Å². The van der Waals surface area contributed by atoms with Crippen molar-refractivity contribution < 1.29 is 9.90 Å². The first-order valence-corrected chi connectivity index (χ1v) is 8.79. The van der Waals surface area contributed by atoms with Gasteiger partial charge in [-0.15, -0.1) is 0 Å². The Morgan fingerprint density at radius 2 is 1.85 bits per heavy atom. The fourth-order valence-corrected chi connectivity index (χ4v) is 3.70. The monoisotopic (exact) mass is 355 g/mol. The topological polar surface area (TPSA) is 74.6 Å². The van der Waals surface area contributed by atoms with E-state index in [9.17, 15) is 9.59 Å². The number of aromatic nitrogens is 1. The summed E-state index contributed by atoms with van der Waals surface area (Å²) in [6, 6.07) is 9.33. The number of hydrogen-bond acceptors (Lipinski definition) is 4. The van der Waals surface area contributed by atoms with Crippen LogP contribution >= 0.6 is 0 Å². The molecule has 0 radical (unpaired) electrons. The highest BCUT2D eigenvalue weighted by molar-refractivity contribution is 5.87. The SMILES string of the molecule is Cc1c(N[C@@H]2C[C@H](c3ccc(C(=O)O)cc3)CN(C)C2)ccn(C)c1=O. The van der Waals surface area contributed by atoms with Gasteiger partial charge in [-0.2, -0.15) is 0 Å². The molecule has 1 saturated heterocycles. The van der Waals surface area contributed by atoms with E-state index in [2.05, 4.69) is 17.3 Å². The predicted octanol–water partition coefficient (Wildman–Crippen LogP) is 2.29. The maximum atomic E-state index is 12.1. The van der Waals surface area contributed by atoms with Gasteiger partial charge in [0.15, 0.2) is 0 Å². The molecule has 2 N–H and O–H groups in total. The van der Waals surface area contributed by atoms with Gasteiger partial charge in [0.2, 0.25) is 0 Å². The Kier molecular flexibility index (Phi) is 5.13. The van der Waals surface area contributed by atoms with Gasteiger partial charge in [0.05, 0.1) is 5.56 Å². The van der Waals surface area contributed by atoms with E-state index in [0.29, 0.717) is 11.5 Å². The number of likely N-dealkylation sites (tertiary alicyclic amines) is 1. The summed E-state index contributed by atoms with van der Waals surface area (Å²) >= 11 is 0. The zero-order chi connectivity index (χ0) is 18.8. The predicted molar refractivity (Wildman–Crippen MR) is 102 cm³/mol. The zero-order valence-corrected chi connectivity index (χ0v) is 15.4. The van der Waals surface area contributed by atoms with Crippen LogP contribution in [0.3, 0.4) is 0 Å². The van der Waals surface area contributed by atoms with Crippen LogP contribution in [0.5, 0.6) is 0 Å². The Hall–Kier alpha value is -2.60. The largest absolute Gasteiger partial charge is 0.478 e. The second-order valence-corrected chi connectivity index (χ2v) is 7.19. The first-order valence-electron chi connectivity index (χ1n) is 8.79. The molecule has 2 aromatic rings. The molecule has 2 atom stereocenters. The molecule has 1 aromatic carbocycles. The Bertz CT molecular complexity index is 858. The molecule has 0 amide bonds. The minimum absolute atomic E-state index is 0.0139. The number of aromatic carboxylic acids is 1. The summed E-state index contributed by atoms with van der Waals surface area (Å²) in [4.78, 5) is 25.4. The van der Waals surface area contributed by atoms with Crippen molar-refractivity contribution in [2.75, 3.05) is 25.5 Å². The number of nitrogens with zero attached hydrogens (tertiary/aromatic N) is 2. The molecule has 0 unspecified atom stereocenters. The molecular formula is C20H25N3O3. The van der Waals surface area contributed by atoms with Crippen LogP contribution in [-0.4, -0.2) is 46.7 Å². The van der Waals surface area contributed by atoms with Gasteiger partial charge in [0, 0.05) is 43.6 Å². The number of benzene rings is 1. The lowest BCUT2D eigenvalue weighted by atomic mass is 9.87. The Balaban J connectivity index is 1.77. The Morgan fingerprint density at radius 1 is 1.15 bits per heavy atom. The van der Waals surface area contributed by atoms with E-state index in [1.807, 2.05) is 25.1 Å². The van der Waals surface area contributed by atoms with E-state index < -0.39 is 5.97 Å². The van der Waals surface area contributed by atoms with Crippen molar-refractivity contribution >= 4 is 11.7 Å².